The van der Waals surface area contributed by atoms with Crippen molar-refractivity contribution in [3.63, 3.8) is 0 Å². The number of carbonyl (C=O) groups excluding carboxylic acids is 1. The number of piperazine rings is 1. The van der Waals surface area contributed by atoms with Crippen molar-refractivity contribution < 1.29 is 9.18 Å². The van der Waals surface area contributed by atoms with Crippen LogP contribution >= 0.6 is 0 Å². The van der Waals surface area contributed by atoms with Crippen molar-refractivity contribution in [1.82, 2.24) is 19.8 Å². The lowest BCUT2D eigenvalue weighted by Crippen LogP contribution is -2.49. The minimum atomic E-state index is -0.386. The van der Waals surface area contributed by atoms with Crippen LogP contribution in [0.2, 0.25) is 0 Å². The van der Waals surface area contributed by atoms with Gasteiger partial charge in [-0.25, -0.2) is 9.37 Å². The highest BCUT2D eigenvalue weighted by atomic mass is 19.1. The van der Waals surface area contributed by atoms with Crippen LogP contribution in [0.1, 0.15) is 27.5 Å². The molecule has 0 bridgehead atoms. The summed E-state index contributed by atoms with van der Waals surface area (Å²) in [6.07, 6.45) is 3.39. The highest BCUT2D eigenvalue weighted by Crippen LogP contribution is 2.31. The molecule has 6 heteroatoms. The fraction of sp³-hybridized carbons (Fsp3) is 0.156. The zero-order valence-electron chi connectivity index (χ0n) is 20.9. The second kappa shape index (κ2) is 10.5. The van der Waals surface area contributed by atoms with Crippen molar-refractivity contribution >= 4 is 16.8 Å². The van der Waals surface area contributed by atoms with Gasteiger partial charge in [0, 0.05) is 49.5 Å². The van der Waals surface area contributed by atoms with Gasteiger partial charge in [0.05, 0.1) is 22.8 Å². The SMILES string of the molecule is O=C(c1cc(-c2ccncc2)nc2ccc(F)cc12)N1CCN(C(c2ccccc2)c2ccccc2)CC1. The van der Waals surface area contributed by atoms with Crippen molar-refractivity contribution in [3.8, 4) is 11.3 Å². The van der Waals surface area contributed by atoms with Crippen LogP contribution in [-0.4, -0.2) is 51.9 Å². The van der Waals surface area contributed by atoms with E-state index in [0.717, 1.165) is 18.7 Å². The quantitative estimate of drug-likeness (QED) is 0.297. The molecule has 0 unspecified atom stereocenters. The first kappa shape index (κ1) is 23.9. The molecule has 38 heavy (non-hydrogen) atoms. The minimum absolute atomic E-state index is 0.103. The third kappa shape index (κ3) is 4.78. The number of hydrogen-bond donors (Lipinski definition) is 0. The maximum Gasteiger partial charge on any atom is 0.254 e. The lowest BCUT2D eigenvalue weighted by molar-refractivity contribution is 0.0599. The summed E-state index contributed by atoms with van der Waals surface area (Å²) >= 11 is 0. The summed E-state index contributed by atoms with van der Waals surface area (Å²) in [7, 11) is 0. The lowest BCUT2D eigenvalue weighted by atomic mass is 9.96. The number of fused-ring (bicyclic) bond motifs is 1. The molecule has 5 aromatic rings. The highest BCUT2D eigenvalue weighted by molar-refractivity contribution is 6.07. The Balaban J connectivity index is 1.29. The Morgan fingerprint density at radius 1 is 0.763 bits per heavy atom. The van der Waals surface area contributed by atoms with Crippen LogP contribution in [0.5, 0.6) is 0 Å². The molecule has 0 atom stereocenters. The van der Waals surface area contributed by atoms with E-state index in [4.69, 9.17) is 4.98 Å². The van der Waals surface area contributed by atoms with E-state index in [1.165, 1.54) is 23.3 Å². The number of carbonyl (C=O) groups is 1. The van der Waals surface area contributed by atoms with E-state index in [2.05, 4.69) is 58.4 Å². The number of benzene rings is 3. The van der Waals surface area contributed by atoms with Crippen molar-refractivity contribution in [2.45, 2.75) is 6.04 Å². The first-order chi connectivity index (χ1) is 18.7. The van der Waals surface area contributed by atoms with Crippen LogP contribution in [0.25, 0.3) is 22.2 Å². The molecule has 5 nitrogen and oxygen atoms in total. The Morgan fingerprint density at radius 2 is 1.39 bits per heavy atom. The molecular formula is C32H27FN4O. The third-order valence-corrected chi connectivity index (χ3v) is 7.17. The van der Waals surface area contributed by atoms with Crippen LogP contribution in [0.4, 0.5) is 4.39 Å². The highest BCUT2D eigenvalue weighted by Gasteiger charge is 2.29. The van der Waals surface area contributed by atoms with Crippen molar-refractivity contribution in [2.24, 2.45) is 0 Å². The van der Waals surface area contributed by atoms with Gasteiger partial charge in [0.2, 0.25) is 0 Å². The number of halogens is 1. The maximum absolute atomic E-state index is 14.2. The summed E-state index contributed by atoms with van der Waals surface area (Å²) in [5.74, 6) is -0.489. The summed E-state index contributed by atoms with van der Waals surface area (Å²) in [6.45, 7) is 2.63. The zero-order valence-corrected chi connectivity index (χ0v) is 20.9. The molecule has 0 spiro atoms. The maximum atomic E-state index is 14.2. The van der Waals surface area contributed by atoms with Crippen LogP contribution in [0, 0.1) is 5.82 Å². The second-order valence-corrected chi connectivity index (χ2v) is 9.50. The number of rotatable bonds is 5. The standard InChI is InChI=1S/C32H27FN4O/c33-26-11-12-29-27(21-26)28(22-30(35-29)23-13-15-34-16-14-23)32(38)37-19-17-36(18-20-37)31(24-7-3-1-4-8-24)25-9-5-2-6-10-25/h1-16,21-22,31H,17-20H2. The molecule has 1 aliphatic heterocycles. The summed E-state index contributed by atoms with van der Waals surface area (Å²) in [6, 6.07) is 31.0. The average Bonchev–Trinajstić information content (AvgIpc) is 2.98. The number of pyridine rings is 2. The zero-order chi connectivity index (χ0) is 25.9. The van der Waals surface area contributed by atoms with Gasteiger partial charge in [-0.3, -0.25) is 14.7 Å². The Kier molecular flexibility index (Phi) is 6.63. The van der Waals surface area contributed by atoms with E-state index < -0.39 is 0 Å². The van der Waals surface area contributed by atoms with E-state index in [1.54, 1.807) is 24.5 Å². The Bertz CT molecular complexity index is 1510. The average molecular weight is 503 g/mol. The summed E-state index contributed by atoms with van der Waals surface area (Å²) < 4.78 is 14.2. The molecule has 0 radical (unpaired) electrons. The molecule has 1 aliphatic rings. The van der Waals surface area contributed by atoms with Gasteiger partial charge in [0.25, 0.3) is 5.91 Å². The monoisotopic (exact) mass is 502 g/mol. The molecule has 0 N–H and O–H groups in total. The van der Waals surface area contributed by atoms with E-state index >= 15 is 0 Å². The number of amides is 1. The molecule has 1 amide bonds. The topological polar surface area (TPSA) is 49.3 Å². The minimum Gasteiger partial charge on any atom is -0.336 e. The Hall–Kier alpha value is -4.42. The van der Waals surface area contributed by atoms with Crippen LogP contribution in [0.3, 0.4) is 0 Å². The molecule has 3 aromatic carbocycles. The molecule has 1 fully saturated rings. The van der Waals surface area contributed by atoms with Crippen molar-refractivity contribution in [2.75, 3.05) is 26.2 Å². The summed E-state index contributed by atoms with van der Waals surface area (Å²) in [4.78, 5) is 27.0. The first-order valence-electron chi connectivity index (χ1n) is 12.8. The predicted octanol–water partition coefficient (Wildman–Crippen LogP) is 5.98. The van der Waals surface area contributed by atoms with Gasteiger partial charge < -0.3 is 4.90 Å². The first-order valence-corrected chi connectivity index (χ1v) is 12.8. The largest absolute Gasteiger partial charge is 0.336 e. The van der Waals surface area contributed by atoms with Crippen LogP contribution in [-0.2, 0) is 0 Å². The van der Waals surface area contributed by atoms with Gasteiger partial charge in [0.1, 0.15) is 5.82 Å². The smallest absolute Gasteiger partial charge is 0.254 e. The van der Waals surface area contributed by atoms with Gasteiger partial charge in [0.15, 0.2) is 0 Å². The molecule has 188 valence electrons. The molecule has 0 saturated carbocycles. The van der Waals surface area contributed by atoms with E-state index in [1.807, 2.05) is 29.2 Å². The summed E-state index contributed by atoms with van der Waals surface area (Å²) in [5.41, 5.74) is 5.06. The lowest BCUT2D eigenvalue weighted by Gasteiger charge is -2.40. The second-order valence-electron chi connectivity index (χ2n) is 9.50. The van der Waals surface area contributed by atoms with Crippen LogP contribution in [0.15, 0.2) is 109 Å². The fourth-order valence-electron chi connectivity index (χ4n) is 5.28. The molecule has 2 aromatic heterocycles. The third-order valence-electron chi connectivity index (χ3n) is 7.17. The summed E-state index contributed by atoms with van der Waals surface area (Å²) in [5, 5.41) is 0.529. The van der Waals surface area contributed by atoms with Gasteiger partial charge >= 0.3 is 0 Å². The normalized spacial score (nSPS) is 14.2. The molecule has 1 saturated heterocycles. The van der Waals surface area contributed by atoms with Gasteiger partial charge in [-0.15, -0.1) is 0 Å². The predicted molar refractivity (Wildman–Crippen MR) is 147 cm³/mol. The molecule has 0 aliphatic carbocycles. The van der Waals surface area contributed by atoms with Crippen molar-refractivity contribution in [1.29, 1.82) is 0 Å². The Morgan fingerprint density at radius 3 is 2.03 bits per heavy atom. The van der Waals surface area contributed by atoms with E-state index in [0.29, 0.717) is 35.2 Å². The molecule has 3 heterocycles. The van der Waals surface area contributed by atoms with Crippen LogP contribution < -0.4 is 0 Å². The van der Waals surface area contributed by atoms with E-state index in [-0.39, 0.29) is 17.8 Å². The van der Waals surface area contributed by atoms with Gasteiger partial charge in [-0.05, 0) is 47.5 Å². The molecule has 6 rings (SSSR count). The fourth-order valence-corrected chi connectivity index (χ4v) is 5.28. The van der Waals surface area contributed by atoms with Gasteiger partial charge in [-0.1, -0.05) is 60.7 Å². The van der Waals surface area contributed by atoms with Crippen molar-refractivity contribution in [3.05, 3.63) is 132 Å². The number of nitrogens with zero attached hydrogens (tertiary/aromatic N) is 4. The number of hydrogen-bond acceptors (Lipinski definition) is 4. The van der Waals surface area contributed by atoms with Gasteiger partial charge in [-0.2, -0.15) is 0 Å². The Labute approximate surface area is 221 Å². The molecular weight excluding hydrogens is 475 g/mol. The van der Waals surface area contributed by atoms with E-state index in [9.17, 15) is 9.18 Å². The number of aromatic nitrogens is 2.